The molecule has 0 bridgehead atoms. The third kappa shape index (κ3) is 4.32. The highest BCUT2D eigenvalue weighted by molar-refractivity contribution is 5.76. The number of imidazole rings is 1. The number of amides is 1. The first-order valence-corrected chi connectivity index (χ1v) is 8.62. The van der Waals surface area contributed by atoms with E-state index in [9.17, 15) is 4.79 Å². The smallest absolute Gasteiger partial charge is 0.220 e. The lowest BCUT2D eigenvalue weighted by Gasteiger charge is -2.27. The molecule has 1 amide bonds. The number of nitrogens with one attached hydrogen (secondary N) is 2. The van der Waals surface area contributed by atoms with Crippen LogP contribution in [0, 0.1) is 11.8 Å². The molecule has 3 rings (SSSR count). The van der Waals surface area contributed by atoms with Gasteiger partial charge in [-0.05, 0) is 49.9 Å². The van der Waals surface area contributed by atoms with Gasteiger partial charge in [0, 0.05) is 31.8 Å². The fourth-order valence-corrected chi connectivity index (χ4v) is 3.38. The summed E-state index contributed by atoms with van der Waals surface area (Å²) in [6.07, 6.45) is 7.81. The second kappa shape index (κ2) is 7.59. The van der Waals surface area contributed by atoms with Crippen molar-refractivity contribution in [1.82, 2.24) is 20.0 Å². The van der Waals surface area contributed by atoms with Crippen molar-refractivity contribution in [3.05, 3.63) is 36.3 Å². The van der Waals surface area contributed by atoms with Gasteiger partial charge in [-0.2, -0.15) is 0 Å². The molecule has 2 aromatic heterocycles. The quantitative estimate of drug-likeness (QED) is 0.857. The molecule has 5 nitrogen and oxygen atoms in total. The highest BCUT2D eigenvalue weighted by Gasteiger charge is 2.21. The standard InChI is InChI=1S/C18H26N4O/c1-14(15-5-8-19-9-6-15)12-18(23)20-10-7-16-13-22-11-3-2-4-17(22)21-16/h2-4,11,13-15,19H,5-10,12H2,1H3,(H,20,23). The summed E-state index contributed by atoms with van der Waals surface area (Å²) in [5.41, 5.74) is 1.97. The molecule has 5 heteroatoms. The van der Waals surface area contributed by atoms with Gasteiger partial charge in [-0.3, -0.25) is 4.79 Å². The molecule has 3 heterocycles. The van der Waals surface area contributed by atoms with E-state index in [1.54, 1.807) is 0 Å². The van der Waals surface area contributed by atoms with Gasteiger partial charge in [-0.25, -0.2) is 4.98 Å². The molecule has 0 spiro atoms. The van der Waals surface area contributed by atoms with Crippen molar-refractivity contribution in [2.75, 3.05) is 19.6 Å². The number of aromatic nitrogens is 2. The Labute approximate surface area is 137 Å². The Balaban J connectivity index is 1.41. The lowest BCUT2D eigenvalue weighted by molar-refractivity contribution is -0.122. The Bertz CT molecular complexity index is 612. The molecule has 0 aliphatic carbocycles. The maximum Gasteiger partial charge on any atom is 0.220 e. The van der Waals surface area contributed by atoms with Crippen molar-refractivity contribution < 1.29 is 4.79 Å². The van der Waals surface area contributed by atoms with Gasteiger partial charge < -0.3 is 15.0 Å². The molecule has 0 radical (unpaired) electrons. The van der Waals surface area contributed by atoms with Gasteiger partial charge in [-0.15, -0.1) is 0 Å². The average Bonchev–Trinajstić information content (AvgIpc) is 2.98. The van der Waals surface area contributed by atoms with E-state index < -0.39 is 0 Å². The van der Waals surface area contributed by atoms with Crippen LogP contribution in [0.5, 0.6) is 0 Å². The van der Waals surface area contributed by atoms with Gasteiger partial charge >= 0.3 is 0 Å². The fraction of sp³-hybridized carbons (Fsp3) is 0.556. The van der Waals surface area contributed by atoms with Gasteiger partial charge in [0.1, 0.15) is 5.65 Å². The second-order valence-electron chi connectivity index (χ2n) is 6.57. The summed E-state index contributed by atoms with van der Waals surface area (Å²) in [6, 6.07) is 5.96. The number of hydrogen-bond donors (Lipinski definition) is 2. The number of carbonyl (C=O) groups is 1. The number of carbonyl (C=O) groups excluding carboxylic acids is 1. The largest absolute Gasteiger partial charge is 0.356 e. The maximum absolute atomic E-state index is 12.1. The van der Waals surface area contributed by atoms with Crippen molar-refractivity contribution >= 4 is 11.6 Å². The Morgan fingerprint density at radius 2 is 2.26 bits per heavy atom. The monoisotopic (exact) mass is 314 g/mol. The van der Waals surface area contributed by atoms with Crippen molar-refractivity contribution in [3.63, 3.8) is 0 Å². The van der Waals surface area contributed by atoms with Crippen molar-refractivity contribution in [1.29, 1.82) is 0 Å². The summed E-state index contributed by atoms with van der Waals surface area (Å²) in [6.45, 7) is 5.04. The van der Waals surface area contributed by atoms with E-state index >= 15 is 0 Å². The normalized spacial score (nSPS) is 17.3. The molecule has 1 aliphatic heterocycles. The van der Waals surface area contributed by atoms with Crippen LogP contribution in [-0.4, -0.2) is 34.9 Å². The predicted octanol–water partition coefficient (Wildman–Crippen LogP) is 2.02. The second-order valence-corrected chi connectivity index (χ2v) is 6.57. The van der Waals surface area contributed by atoms with Crippen molar-refractivity contribution in [2.45, 2.75) is 32.6 Å². The third-order valence-electron chi connectivity index (χ3n) is 4.81. The first-order chi connectivity index (χ1) is 11.2. The first kappa shape index (κ1) is 16.0. The van der Waals surface area contributed by atoms with Crippen LogP contribution >= 0.6 is 0 Å². The molecule has 1 atom stereocenters. The zero-order valence-electron chi connectivity index (χ0n) is 13.8. The zero-order valence-corrected chi connectivity index (χ0v) is 13.8. The molecule has 23 heavy (non-hydrogen) atoms. The van der Waals surface area contributed by atoms with E-state index in [0.717, 1.165) is 30.9 Å². The highest BCUT2D eigenvalue weighted by Crippen LogP contribution is 2.24. The Morgan fingerprint density at radius 3 is 3.04 bits per heavy atom. The molecule has 124 valence electrons. The Hall–Kier alpha value is -1.88. The summed E-state index contributed by atoms with van der Waals surface area (Å²) in [7, 11) is 0. The minimum absolute atomic E-state index is 0.166. The van der Waals surface area contributed by atoms with E-state index in [0.29, 0.717) is 24.8 Å². The summed E-state index contributed by atoms with van der Waals surface area (Å²) < 4.78 is 2.01. The van der Waals surface area contributed by atoms with Crippen LogP contribution in [0.2, 0.25) is 0 Å². The van der Waals surface area contributed by atoms with Crippen LogP contribution in [0.4, 0.5) is 0 Å². The maximum atomic E-state index is 12.1. The Morgan fingerprint density at radius 1 is 1.43 bits per heavy atom. The number of fused-ring (bicyclic) bond motifs is 1. The van der Waals surface area contributed by atoms with Crippen LogP contribution in [0.1, 0.15) is 31.9 Å². The van der Waals surface area contributed by atoms with Crippen LogP contribution in [0.25, 0.3) is 5.65 Å². The molecular weight excluding hydrogens is 288 g/mol. The minimum atomic E-state index is 0.166. The average molecular weight is 314 g/mol. The zero-order chi connectivity index (χ0) is 16.1. The van der Waals surface area contributed by atoms with E-state index in [1.807, 2.05) is 35.0 Å². The van der Waals surface area contributed by atoms with Crippen molar-refractivity contribution in [3.8, 4) is 0 Å². The van der Waals surface area contributed by atoms with E-state index in [4.69, 9.17) is 0 Å². The molecular formula is C18H26N4O. The van der Waals surface area contributed by atoms with Gasteiger partial charge in [0.2, 0.25) is 5.91 Å². The first-order valence-electron chi connectivity index (χ1n) is 8.62. The van der Waals surface area contributed by atoms with Crippen LogP contribution in [0.3, 0.4) is 0 Å². The molecule has 0 aromatic carbocycles. The number of piperidine rings is 1. The molecule has 1 unspecified atom stereocenters. The molecule has 1 saturated heterocycles. The predicted molar refractivity (Wildman–Crippen MR) is 91.3 cm³/mol. The SMILES string of the molecule is CC(CC(=O)NCCc1cn2ccccc2n1)C1CCNCC1. The lowest BCUT2D eigenvalue weighted by Crippen LogP contribution is -2.34. The summed E-state index contributed by atoms with van der Waals surface area (Å²) >= 11 is 0. The molecule has 2 N–H and O–H groups in total. The molecule has 2 aromatic rings. The summed E-state index contributed by atoms with van der Waals surface area (Å²) in [4.78, 5) is 16.7. The minimum Gasteiger partial charge on any atom is -0.356 e. The summed E-state index contributed by atoms with van der Waals surface area (Å²) in [5.74, 6) is 1.31. The number of hydrogen-bond acceptors (Lipinski definition) is 3. The fourth-order valence-electron chi connectivity index (χ4n) is 3.38. The van der Waals surface area contributed by atoms with Gasteiger partial charge in [0.25, 0.3) is 0 Å². The van der Waals surface area contributed by atoms with E-state index in [1.165, 1.54) is 12.8 Å². The van der Waals surface area contributed by atoms with Gasteiger partial charge in [-0.1, -0.05) is 13.0 Å². The van der Waals surface area contributed by atoms with Gasteiger partial charge in [0.05, 0.1) is 5.69 Å². The van der Waals surface area contributed by atoms with Crippen molar-refractivity contribution in [2.24, 2.45) is 11.8 Å². The molecule has 0 saturated carbocycles. The highest BCUT2D eigenvalue weighted by atomic mass is 16.1. The molecule has 1 aliphatic rings. The van der Waals surface area contributed by atoms with Gasteiger partial charge in [0.15, 0.2) is 0 Å². The van der Waals surface area contributed by atoms with Crippen LogP contribution in [-0.2, 0) is 11.2 Å². The molecule has 1 fully saturated rings. The summed E-state index contributed by atoms with van der Waals surface area (Å²) in [5, 5.41) is 6.42. The van der Waals surface area contributed by atoms with Crippen LogP contribution in [0.15, 0.2) is 30.6 Å². The van der Waals surface area contributed by atoms with Crippen LogP contribution < -0.4 is 10.6 Å². The van der Waals surface area contributed by atoms with E-state index in [2.05, 4.69) is 22.5 Å². The number of pyridine rings is 1. The number of nitrogens with zero attached hydrogens (tertiary/aromatic N) is 2. The third-order valence-corrected chi connectivity index (χ3v) is 4.81. The number of rotatable bonds is 6. The topological polar surface area (TPSA) is 58.4 Å². The lowest BCUT2D eigenvalue weighted by atomic mass is 9.84. The Kier molecular flexibility index (Phi) is 5.28. The van der Waals surface area contributed by atoms with E-state index in [-0.39, 0.29) is 5.91 Å².